The molecule has 2 unspecified atom stereocenters. The second kappa shape index (κ2) is 10.7. The van der Waals surface area contributed by atoms with Crippen molar-refractivity contribution < 1.29 is 4.79 Å². The molecule has 1 N–H and O–H groups in total. The molecular weight excluding hydrogens is 404 g/mol. The lowest BCUT2D eigenvalue weighted by atomic mass is 9.89. The van der Waals surface area contributed by atoms with Crippen LogP contribution in [0.25, 0.3) is 0 Å². The highest BCUT2D eigenvalue weighted by atomic mass is 32.2. The van der Waals surface area contributed by atoms with Gasteiger partial charge in [0.1, 0.15) is 0 Å². The van der Waals surface area contributed by atoms with Crippen LogP contribution in [0.1, 0.15) is 37.7 Å². The summed E-state index contributed by atoms with van der Waals surface area (Å²) in [6, 6.07) is 9.30. The van der Waals surface area contributed by atoms with Crippen molar-refractivity contribution in [1.29, 1.82) is 0 Å². The number of benzene rings is 1. The minimum Gasteiger partial charge on any atom is -0.369 e. The molecule has 4 rings (SSSR count). The number of amides is 1. The molecule has 2 atom stereocenters. The van der Waals surface area contributed by atoms with Crippen molar-refractivity contribution in [3.63, 3.8) is 0 Å². The zero-order valence-electron chi connectivity index (χ0n) is 18.9. The molecule has 0 aromatic heterocycles. The van der Waals surface area contributed by atoms with E-state index in [9.17, 15) is 4.79 Å². The molecule has 2 aliphatic heterocycles. The molecule has 0 radical (unpaired) electrons. The molecule has 6 heteroatoms. The van der Waals surface area contributed by atoms with Gasteiger partial charge in [-0.1, -0.05) is 49.2 Å². The first-order valence-electron chi connectivity index (χ1n) is 11.7. The molecule has 1 amide bonds. The molecule has 1 aromatic rings. The number of nitrogens with one attached hydrogen (secondary N) is 1. The predicted octanol–water partition coefficient (Wildman–Crippen LogP) is 3.66. The van der Waals surface area contributed by atoms with Crippen LogP contribution in [0, 0.1) is 0 Å². The topological polar surface area (TPSA) is 38.8 Å². The monoisotopic (exact) mass is 440 g/mol. The lowest BCUT2D eigenvalue weighted by Gasteiger charge is -2.35. The quantitative estimate of drug-likeness (QED) is 0.540. The molecule has 168 valence electrons. The van der Waals surface area contributed by atoms with E-state index >= 15 is 0 Å². The summed E-state index contributed by atoms with van der Waals surface area (Å²) in [6.07, 6.45) is 10.1. The number of hydrogen-bond donors (Lipinski definition) is 1. The van der Waals surface area contributed by atoms with E-state index < -0.39 is 0 Å². The second-order valence-corrected chi connectivity index (χ2v) is 10.0. The van der Waals surface area contributed by atoms with Gasteiger partial charge in [-0.25, -0.2) is 4.31 Å². The van der Waals surface area contributed by atoms with E-state index in [0.29, 0.717) is 11.2 Å². The Kier molecular flexibility index (Phi) is 7.75. The fourth-order valence-corrected chi connectivity index (χ4v) is 5.86. The van der Waals surface area contributed by atoms with Gasteiger partial charge in [0, 0.05) is 68.7 Å². The van der Waals surface area contributed by atoms with Gasteiger partial charge in [-0.15, -0.1) is 0 Å². The first-order valence-corrected chi connectivity index (χ1v) is 12.6. The Morgan fingerprint density at radius 3 is 2.42 bits per heavy atom. The van der Waals surface area contributed by atoms with E-state index in [1.165, 1.54) is 37.2 Å². The minimum absolute atomic E-state index is 0.0688. The molecule has 1 fully saturated rings. The largest absolute Gasteiger partial charge is 0.369 e. The van der Waals surface area contributed by atoms with E-state index in [2.05, 4.69) is 68.8 Å². The lowest BCUT2D eigenvalue weighted by Crippen LogP contribution is -2.46. The Balaban J connectivity index is 1.27. The summed E-state index contributed by atoms with van der Waals surface area (Å²) < 4.78 is 2.40. The molecule has 0 saturated carbocycles. The van der Waals surface area contributed by atoms with Gasteiger partial charge in [0.25, 0.3) is 0 Å². The average Bonchev–Trinajstić information content (AvgIpc) is 2.85. The van der Waals surface area contributed by atoms with Gasteiger partial charge < -0.3 is 15.1 Å². The van der Waals surface area contributed by atoms with E-state index in [4.69, 9.17) is 0 Å². The number of anilines is 1. The summed E-state index contributed by atoms with van der Waals surface area (Å²) in [5.41, 5.74) is 3.73. The van der Waals surface area contributed by atoms with E-state index in [0.717, 1.165) is 44.7 Å². The molecule has 3 aliphatic rings. The van der Waals surface area contributed by atoms with Crippen LogP contribution in [0.4, 0.5) is 5.69 Å². The molecule has 5 nitrogen and oxygen atoms in total. The molecular formula is C25H36N4OS. The number of carbonyl (C=O) groups excluding carboxylic acids is 1. The third-order valence-corrected chi connectivity index (χ3v) is 8.09. The number of piperazine rings is 1. The Bertz CT molecular complexity index is 798. The minimum atomic E-state index is 0.0688. The molecule has 1 aliphatic carbocycles. The molecule has 0 spiro atoms. The van der Waals surface area contributed by atoms with Crippen LogP contribution in [0.3, 0.4) is 0 Å². The van der Waals surface area contributed by atoms with Crippen LogP contribution < -0.4 is 10.2 Å². The maximum Gasteiger partial charge on any atom is 0.246 e. The van der Waals surface area contributed by atoms with Gasteiger partial charge in [-0.3, -0.25) is 4.79 Å². The van der Waals surface area contributed by atoms with Gasteiger partial charge in [0.15, 0.2) is 0 Å². The maximum atomic E-state index is 11.8. The zero-order valence-corrected chi connectivity index (χ0v) is 19.7. The zero-order chi connectivity index (χ0) is 21.6. The Hall–Kier alpha value is -1.76. The van der Waals surface area contributed by atoms with Gasteiger partial charge in [-0.2, -0.15) is 0 Å². The van der Waals surface area contributed by atoms with Crippen LogP contribution >= 0.6 is 11.9 Å². The number of nitrogens with zero attached hydrogens (tertiary/aromatic N) is 3. The smallest absolute Gasteiger partial charge is 0.246 e. The van der Waals surface area contributed by atoms with Gasteiger partial charge in [0.05, 0.1) is 0 Å². The lowest BCUT2D eigenvalue weighted by molar-refractivity contribution is -0.117. The normalized spacial score (nSPS) is 25.4. The van der Waals surface area contributed by atoms with E-state index in [-0.39, 0.29) is 5.91 Å². The van der Waals surface area contributed by atoms with E-state index in [1.807, 2.05) is 11.9 Å². The SMILES string of the molecule is CCN1CCN(c2ccc(C3C=CC(SN4CC=C(C(=O)NC)CC4)CC3)cc2)CC1. The van der Waals surface area contributed by atoms with Crippen LogP contribution in [0.5, 0.6) is 0 Å². The highest BCUT2D eigenvalue weighted by Gasteiger charge is 2.23. The molecule has 2 heterocycles. The van der Waals surface area contributed by atoms with Crippen molar-refractivity contribution in [2.45, 2.75) is 37.4 Å². The fourth-order valence-electron chi connectivity index (χ4n) is 4.72. The Morgan fingerprint density at radius 2 is 1.84 bits per heavy atom. The first kappa shape index (κ1) is 22.4. The standard InChI is InChI=1S/C25H36N4OS/c1-3-27-16-18-28(19-17-27)23-8-4-20(5-9-23)21-6-10-24(11-7-21)31-29-14-12-22(13-15-29)25(30)26-2/h4-6,8-10,12,21,24H,3,7,11,13-19H2,1-2H3,(H,26,30). The third kappa shape index (κ3) is 5.73. The molecule has 1 aromatic carbocycles. The van der Waals surface area contributed by atoms with Crippen molar-refractivity contribution in [2.75, 3.05) is 57.8 Å². The van der Waals surface area contributed by atoms with Crippen LogP contribution in [-0.2, 0) is 4.79 Å². The van der Waals surface area contributed by atoms with Crippen molar-refractivity contribution in [3.05, 3.63) is 53.6 Å². The number of hydrogen-bond acceptors (Lipinski definition) is 5. The Labute approximate surface area is 191 Å². The summed E-state index contributed by atoms with van der Waals surface area (Å²) in [6.45, 7) is 9.81. The molecule has 0 bridgehead atoms. The summed E-state index contributed by atoms with van der Waals surface area (Å²) in [7, 11) is 1.70. The maximum absolute atomic E-state index is 11.8. The number of likely N-dealkylation sites (N-methyl/N-ethyl adjacent to an activating group) is 2. The van der Waals surface area contributed by atoms with Gasteiger partial charge in [-0.05, 0) is 43.5 Å². The van der Waals surface area contributed by atoms with Crippen molar-refractivity contribution in [2.24, 2.45) is 0 Å². The van der Waals surface area contributed by atoms with Crippen molar-refractivity contribution >= 4 is 23.5 Å². The van der Waals surface area contributed by atoms with Crippen LogP contribution in [0.15, 0.2) is 48.1 Å². The van der Waals surface area contributed by atoms with E-state index in [1.54, 1.807) is 7.05 Å². The summed E-state index contributed by atoms with van der Waals surface area (Å²) in [5, 5.41) is 3.27. The van der Waals surface area contributed by atoms with Crippen LogP contribution in [-0.4, -0.2) is 73.2 Å². The second-order valence-electron chi connectivity index (χ2n) is 8.67. The highest BCUT2D eigenvalue weighted by Crippen LogP contribution is 2.35. The summed E-state index contributed by atoms with van der Waals surface area (Å²) in [5.74, 6) is 0.600. The fraction of sp³-hybridized carbons (Fsp3) is 0.560. The Morgan fingerprint density at radius 1 is 1.06 bits per heavy atom. The van der Waals surface area contributed by atoms with Crippen molar-refractivity contribution in [1.82, 2.24) is 14.5 Å². The third-order valence-electron chi connectivity index (χ3n) is 6.80. The average molecular weight is 441 g/mol. The number of rotatable bonds is 6. The first-order chi connectivity index (χ1) is 15.2. The predicted molar refractivity (Wildman–Crippen MR) is 132 cm³/mol. The molecule has 31 heavy (non-hydrogen) atoms. The van der Waals surface area contributed by atoms with Crippen LogP contribution in [0.2, 0.25) is 0 Å². The number of carbonyl (C=O) groups is 1. The summed E-state index contributed by atoms with van der Waals surface area (Å²) >= 11 is 1.94. The number of allylic oxidation sites excluding steroid dienone is 1. The van der Waals surface area contributed by atoms with Gasteiger partial charge >= 0.3 is 0 Å². The summed E-state index contributed by atoms with van der Waals surface area (Å²) in [4.78, 5) is 16.8. The van der Waals surface area contributed by atoms with Crippen molar-refractivity contribution in [3.8, 4) is 0 Å². The molecule has 1 saturated heterocycles. The highest BCUT2D eigenvalue weighted by molar-refractivity contribution is 7.97. The van der Waals surface area contributed by atoms with Gasteiger partial charge in [0.2, 0.25) is 5.91 Å².